The number of Topliss-reactive ketones (excluding diaryl/α,β-unsaturated/α-hetero) is 1. The van der Waals surface area contributed by atoms with E-state index in [0.717, 1.165) is 18.2 Å². The van der Waals surface area contributed by atoms with Crippen molar-refractivity contribution in [1.29, 1.82) is 0 Å². The minimum absolute atomic E-state index is 0.0822. The number of nitro benzene ring substituents is 1. The van der Waals surface area contributed by atoms with Gasteiger partial charge in [0.2, 0.25) is 0 Å². The Hall–Kier alpha value is -1.48. The Kier molecular flexibility index (Phi) is 5.30. The van der Waals surface area contributed by atoms with Crippen LogP contribution < -0.4 is 0 Å². The van der Waals surface area contributed by atoms with Crippen LogP contribution in [0.25, 0.3) is 0 Å². The first-order valence-corrected chi connectivity index (χ1v) is 9.36. The molecule has 2 atom stereocenters. The van der Waals surface area contributed by atoms with E-state index in [2.05, 4.69) is 4.40 Å². The van der Waals surface area contributed by atoms with Gasteiger partial charge in [-0.3, -0.25) is 14.9 Å². The standard InChI is InChI=1S/C14H11Cl3N2O5S/c1-7-10(15)13(20)14(2,17)12(16)11(7)18-25(23,24)9-5-3-4-8(6-9)19(21)22/h3-6,12H,1-2H3/t12-,14-/m0/s1. The Labute approximate surface area is 158 Å². The molecule has 7 nitrogen and oxygen atoms in total. The van der Waals surface area contributed by atoms with Gasteiger partial charge in [-0.15, -0.1) is 23.2 Å². The molecule has 0 saturated carbocycles. The largest absolute Gasteiger partial charge is 0.291 e. The third kappa shape index (κ3) is 3.57. The second-order valence-corrected chi connectivity index (χ2v) is 8.62. The number of non-ortho nitro benzene ring substituents is 1. The van der Waals surface area contributed by atoms with E-state index >= 15 is 0 Å². The van der Waals surface area contributed by atoms with E-state index in [1.807, 2.05) is 0 Å². The maximum Gasteiger partial charge on any atom is 0.282 e. The fourth-order valence-corrected chi connectivity index (χ4v) is 4.15. The lowest BCUT2D eigenvalue weighted by Crippen LogP contribution is -2.48. The molecule has 2 rings (SSSR count). The minimum Gasteiger partial charge on any atom is -0.291 e. The van der Waals surface area contributed by atoms with Crippen molar-refractivity contribution in [2.24, 2.45) is 4.40 Å². The first kappa shape index (κ1) is 19.8. The summed E-state index contributed by atoms with van der Waals surface area (Å²) in [6.45, 7) is 2.70. The molecule has 134 valence electrons. The third-order valence-electron chi connectivity index (χ3n) is 3.62. The highest BCUT2D eigenvalue weighted by Gasteiger charge is 2.48. The highest BCUT2D eigenvalue weighted by Crippen LogP contribution is 2.38. The maximum absolute atomic E-state index is 12.5. The van der Waals surface area contributed by atoms with Crippen LogP contribution in [0, 0.1) is 10.1 Å². The fourth-order valence-electron chi connectivity index (χ4n) is 2.11. The number of hydrogen-bond acceptors (Lipinski definition) is 5. The van der Waals surface area contributed by atoms with Gasteiger partial charge in [0.1, 0.15) is 10.3 Å². The number of sulfonamides is 1. The van der Waals surface area contributed by atoms with Crippen molar-refractivity contribution >= 4 is 62.0 Å². The maximum atomic E-state index is 12.5. The lowest BCUT2D eigenvalue weighted by atomic mass is 9.87. The molecule has 0 unspecified atom stereocenters. The van der Waals surface area contributed by atoms with Gasteiger partial charge in [-0.05, 0) is 25.5 Å². The Morgan fingerprint density at radius 2 is 1.96 bits per heavy atom. The van der Waals surface area contributed by atoms with Crippen molar-refractivity contribution in [3.8, 4) is 0 Å². The van der Waals surface area contributed by atoms with Crippen molar-refractivity contribution < 1.29 is 18.1 Å². The van der Waals surface area contributed by atoms with Crippen LogP contribution in [-0.2, 0) is 14.8 Å². The van der Waals surface area contributed by atoms with Gasteiger partial charge in [0.15, 0.2) is 5.78 Å². The zero-order chi connectivity index (χ0) is 19.2. The monoisotopic (exact) mass is 424 g/mol. The van der Waals surface area contributed by atoms with Gasteiger partial charge < -0.3 is 0 Å². The second kappa shape index (κ2) is 6.68. The lowest BCUT2D eigenvalue weighted by molar-refractivity contribution is -0.385. The second-order valence-electron chi connectivity index (χ2n) is 5.41. The number of carbonyl (C=O) groups excluding carboxylic acids is 1. The molecule has 0 saturated heterocycles. The van der Waals surface area contributed by atoms with Crippen LogP contribution in [0.1, 0.15) is 13.8 Å². The number of rotatable bonds is 3. The number of allylic oxidation sites excluding steroid dienone is 2. The van der Waals surface area contributed by atoms with Crippen molar-refractivity contribution in [1.82, 2.24) is 0 Å². The van der Waals surface area contributed by atoms with E-state index in [-0.39, 0.29) is 16.3 Å². The fraction of sp³-hybridized carbons (Fsp3) is 0.286. The smallest absolute Gasteiger partial charge is 0.282 e. The number of halogens is 3. The Bertz CT molecular complexity index is 938. The van der Waals surface area contributed by atoms with Crippen molar-refractivity contribution in [3.63, 3.8) is 0 Å². The summed E-state index contributed by atoms with van der Waals surface area (Å²) in [5.74, 6) is -0.639. The zero-order valence-electron chi connectivity index (χ0n) is 12.9. The average molecular weight is 426 g/mol. The number of alkyl halides is 2. The van der Waals surface area contributed by atoms with Crippen LogP contribution in [0.4, 0.5) is 5.69 Å². The molecule has 0 bridgehead atoms. The molecule has 1 aromatic carbocycles. The van der Waals surface area contributed by atoms with Gasteiger partial charge in [-0.1, -0.05) is 17.7 Å². The molecule has 0 aliphatic heterocycles. The van der Waals surface area contributed by atoms with Crippen LogP contribution in [0.3, 0.4) is 0 Å². The molecule has 0 N–H and O–H groups in total. The Balaban J connectivity index is 2.63. The lowest BCUT2D eigenvalue weighted by Gasteiger charge is -2.32. The molecule has 0 fully saturated rings. The van der Waals surface area contributed by atoms with Gasteiger partial charge >= 0.3 is 0 Å². The van der Waals surface area contributed by atoms with Gasteiger partial charge in [0.05, 0.1) is 20.6 Å². The summed E-state index contributed by atoms with van der Waals surface area (Å²) >= 11 is 18.2. The molecule has 0 spiro atoms. The van der Waals surface area contributed by atoms with E-state index in [1.165, 1.54) is 19.9 Å². The highest BCUT2D eigenvalue weighted by molar-refractivity contribution is 7.90. The molecule has 25 heavy (non-hydrogen) atoms. The molecule has 0 heterocycles. The SMILES string of the molecule is CC1=C(Cl)C(=O)[C@@](C)(Cl)[C@@H](Cl)C1=NS(=O)(=O)c1cccc([N+](=O)[O-])c1. The number of carbonyl (C=O) groups is 1. The molecule has 0 aromatic heterocycles. The number of hydrogen-bond donors (Lipinski definition) is 0. The van der Waals surface area contributed by atoms with Crippen molar-refractivity contribution in [3.05, 3.63) is 45.0 Å². The summed E-state index contributed by atoms with van der Waals surface area (Å²) in [5.41, 5.74) is -0.510. The van der Waals surface area contributed by atoms with Crippen molar-refractivity contribution in [2.75, 3.05) is 0 Å². The molecule has 0 amide bonds. The Morgan fingerprint density at radius 3 is 2.52 bits per heavy atom. The van der Waals surface area contributed by atoms with Gasteiger partial charge in [-0.25, -0.2) is 0 Å². The van der Waals surface area contributed by atoms with Gasteiger partial charge in [0, 0.05) is 12.1 Å². The minimum atomic E-state index is -4.34. The third-order valence-corrected chi connectivity index (χ3v) is 6.50. The van der Waals surface area contributed by atoms with Crippen LogP contribution in [0.2, 0.25) is 0 Å². The quantitative estimate of drug-likeness (QED) is 0.419. The zero-order valence-corrected chi connectivity index (χ0v) is 15.9. The summed E-state index contributed by atoms with van der Waals surface area (Å²) in [7, 11) is -4.34. The molecular weight excluding hydrogens is 415 g/mol. The van der Waals surface area contributed by atoms with Crippen LogP contribution in [0.5, 0.6) is 0 Å². The highest BCUT2D eigenvalue weighted by atomic mass is 35.5. The number of ketones is 1. The van der Waals surface area contributed by atoms with Crippen LogP contribution in [0.15, 0.2) is 44.2 Å². The normalized spacial score (nSPS) is 26.2. The summed E-state index contributed by atoms with van der Waals surface area (Å²) in [6, 6.07) is 4.39. The predicted molar refractivity (Wildman–Crippen MR) is 95.2 cm³/mol. The molecule has 1 aliphatic carbocycles. The molecule has 1 aromatic rings. The average Bonchev–Trinajstić information content (AvgIpc) is 2.56. The first-order valence-electron chi connectivity index (χ1n) is 6.73. The van der Waals surface area contributed by atoms with E-state index in [4.69, 9.17) is 34.8 Å². The predicted octanol–water partition coefficient (Wildman–Crippen LogP) is 3.42. The molecule has 0 radical (unpaired) electrons. The van der Waals surface area contributed by atoms with Crippen LogP contribution >= 0.6 is 34.8 Å². The number of benzene rings is 1. The summed E-state index contributed by atoms with van der Waals surface area (Å²) in [4.78, 5) is 20.1. The first-order chi connectivity index (χ1) is 11.4. The van der Waals surface area contributed by atoms with E-state index < -0.39 is 41.6 Å². The molecule has 1 aliphatic rings. The van der Waals surface area contributed by atoms with E-state index in [9.17, 15) is 23.3 Å². The van der Waals surface area contributed by atoms with Crippen LogP contribution in [-0.4, -0.2) is 35.1 Å². The number of nitrogens with zero attached hydrogens (tertiary/aromatic N) is 2. The van der Waals surface area contributed by atoms with Gasteiger partial charge in [-0.2, -0.15) is 12.8 Å². The summed E-state index contributed by atoms with van der Waals surface area (Å²) in [5, 5.41) is 9.30. The van der Waals surface area contributed by atoms with Crippen molar-refractivity contribution in [2.45, 2.75) is 29.0 Å². The molecular formula is C14H11Cl3N2O5S. The van der Waals surface area contributed by atoms with E-state index in [0.29, 0.717) is 0 Å². The van der Waals surface area contributed by atoms with E-state index in [1.54, 1.807) is 0 Å². The summed E-state index contributed by atoms with van der Waals surface area (Å²) < 4.78 is 28.6. The molecule has 11 heteroatoms. The Morgan fingerprint density at radius 1 is 1.36 bits per heavy atom. The summed E-state index contributed by atoms with van der Waals surface area (Å²) in [6.07, 6.45) is 0. The number of nitro groups is 1. The van der Waals surface area contributed by atoms with Gasteiger partial charge in [0.25, 0.3) is 15.7 Å². The topological polar surface area (TPSA) is 107 Å².